The highest BCUT2D eigenvalue weighted by atomic mass is 16.3. The number of carbonyl (C=O) groups excluding carboxylic acids is 2. The molecule has 168 valence electrons. The van der Waals surface area contributed by atoms with Crippen molar-refractivity contribution < 1.29 is 14.0 Å². The fourth-order valence-electron chi connectivity index (χ4n) is 2.86. The molecule has 0 aliphatic carbocycles. The molecule has 3 rings (SSSR count). The Kier molecular flexibility index (Phi) is 7.96. The van der Waals surface area contributed by atoms with E-state index in [0.29, 0.717) is 11.3 Å². The lowest BCUT2D eigenvalue weighted by molar-refractivity contribution is -0.117. The van der Waals surface area contributed by atoms with Crippen molar-refractivity contribution in [2.24, 2.45) is 5.10 Å². The van der Waals surface area contributed by atoms with E-state index in [2.05, 4.69) is 15.8 Å². The van der Waals surface area contributed by atoms with Gasteiger partial charge in [-0.25, -0.2) is 5.43 Å². The van der Waals surface area contributed by atoms with Crippen molar-refractivity contribution >= 4 is 35.9 Å². The van der Waals surface area contributed by atoms with Gasteiger partial charge in [-0.2, -0.15) is 5.10 Å². The molecule has 0 saturated heterocycles. The number of hydrogen-bond acceptors (Lipinski definition) is 5. The molecular formula is C26H26N4O3. The minimum Gasteiger partial charge on any atom is -0.462 e. The summed E-state index contributed by atoms with van der Waals surface area (Å²) in [6, 6.07) is 20.0. The maximum absolute atomic E-state index is 12.8. The third kappa shape index (κ3) is 7.07. The van der Waals surface area contributed by atoms with Crippen LogP contribution in [-0.4, -0.2) is 32.1 Å². The third-order valence-corrected chi connectivity index (χ3v) is 4.60. The number of nitrogens with zero attached hydrogens (tertiary/aromatic N) is 2. The molecule has 1 heterocycles. The first-order chi connectivity index (χ1) is 15.9. The Morgan fingerprint density at radius 3 is 2.33 bits per heavy atom. The number of nitrogens with one attached hydrogen (secondary N) is 2. The smallest absolute Gasteiger partial charge is 0.287 e. The van der Waals surface area contributed by atoms with Crippen molar-refractivity contribution in [3.05, 3.63) is 101 Å². The summed E-state index contributed by atoms with van der Waals surface area (Å²) >= 11 is 0. The number of amides is 2. The van der Waals surface area contributed by atoms with Gasteiger partial charge >= 0.3 is 0 Å². The summed E-state index contributed by atoms with van der Waals surface area (Å²) in [6.45, 7) is 1.86. The first-order valence-corrected chi connectivity index (χ1v) is 10.3. The van der Waals surface area contributed by atoms with Gasteiger partial charge in [0, 0.05) is 31.6 Å². The van der Waals surface area contributed by atoms with Gasteiger partial charge in [0.25, 0.3) is 11.8 Å². The molecule has 2 N–H and O–H groups in total. The molecule has 7 heteroatoms. The van der Waals surface area contributed by atoms with E-state index in [-0.39, 0.29) is 11.6 Å². The molecule has 0 saturated carbocycles. The number of hydrazone groups is 1. The molecule has 2 aromatic carbocycles. The number of rotatable bonds is 8. The zero-order chi connectivity index (χ0) is 23.6. The predicted octanol–water partition coefficient (Wildman–Crippen LogP) is 4.24. The number of aryl methyl sites for hydroxylation is 1. The molecule has 0 aliphatic heterocycles. The van der Waals surface area contributed by atoms with Crippen molar-refractivity contribution in [1.82, 2.24) is 10.7 Å². The average Bonchev–Trinajstić information content (AvgIpc) is 3.24. The number of anilines is 1. The van der Waals surface area contributed by atoms with Crippen molar-refractivity contribution in [1.29, 1.82) is 0 Å². The van der Waals surface area contributed by atoms with E-state index in [1.807, 2.05) is 68.4 Å². The van der Waals surface area contributed by atoms with Gasteiger partial charge in [-0.3, -0.25) is 9.59 Å². The van der Waals surface area contributed by atoms with Crippen molar-refractivity contribution in [2.75, 3.05) is 19.0 Å². The Bertz CT molecular complexity index is 1170. The minimum atomic E-state index is -0.547. The van der Waals surface area contributed by atoms with Crippen LogP contribution in [0.3, 0.4) is 0 Å². The topological polar surface area (TPSA) is 86.9 Å². The lowest BCUT2D eigenvalue weighted by atomic mass is 10.1. The molecule has 3 aromatic rings. The summed E-state index contributed by atoms with van der Waals surface area (Å²) in [5.41, 5.74) is 4.74. The second-order valence-corrected chi connectivity index (χ2v) is 7.39. The molecule has 0 spiro atoms. The molecule has 0 bridgehead atoms. The molecule has 33 heavy (non-hydrogen) atoms. The van der Waals surface area contributed by atoms with E-state index in [9.17, 15) is 9.59 Å². The monoisotopic (exact) mass is 442 g/mol. The fourth-order valence-corrected chi connectivity index (χ4v) is 2.86. The number of hydrogen-bond donors (Lipinski definition) is 2. The standard InChI is InChI=1S/C26H26N4O3/c1-19-11-16-23(33-19)10-7-17-27-29-26(32)24(28-25(31)21-8-5-4-6-9-21)18-20-12-14-22(15-13-20)30(2)3/h4-18H,1-3H3,(H,28,31)(H,29,32). The average molecular weight is 443 g/mol. The van der Waals surface area contributed by atoms with Crippen molar-refractivity contribution in [2.45, 2.75) is 6.92 Å². The lowest BCUT2D eigenvalue weighted by Crippen LogP contribution is -2.32. The van der Waals surface area contributed by atoms with Crippen LogP contribution < -0.4 is 15.6 Å². The van der Waals surface area contributed by atoms with Crippen molar-refractivity contribution in [3.8, 4) is 0 Å². The van der Waals surface area contributed by atoms with Crippen LogP contribution in [0.2, 0.25) is 0 Å². The molecular weight excluding hydrogens is 416 g/mol. The van der Waals surface area contributed by atoms with Crippen LogP contribution in [0, 0.1) is 6.92 Å². The van der Waals surface area contributed by atoms with Crippen LogP contribution in [-0.2, 0) is 4.79 Å². The molecule has 1 aromatic heterocycles. The van der Waals surface area contributed by atoms with E-state index < -0.39 is 5.91 Å². The molecule has 0 atom stereocenters. The number of benzene rings is 2. The van der Waals surface area contributed by atoms with Gasteiger partial charge in [0.05, 0.1) is 0 Å². The highest BCUT2D eigenvalue weighted by Gasteiger charge is 2.14. The normalized spacial score (nSPS) is 11.7. The second kappa shape index (κ2) is 11.3. The molecule has 0 fully saturated rings. The Labute approximate surface area is 193 Å². The fraction of sp³-hybridized carbons (Fsp3) is 0.115. The molecule has 0 unspecified atom stereocenters. The molecule has 7 nitrogen and oxygen atoms in total. The van der Waals surface area contributed by atoms with Crippen LogP contribution in [0.4, 0.5) is 5.69 Å². The van der Waals surface area contributed by atoms with Gasteiger partial charge in [0.15, 0.2) is 0 Å². The maximum atomic E-state index is 12.8. The summed E-state index contributed by atoms with van der Waals surface area (Å²) in [5, 5.41) is 6.60. The largest absolute Gasteiger partial charge is 0.462 e. The Morgan fingerprint density at radius 2 is 1.70 bits per heavy atom. The van der Waals surface area contributed by atoms with Crippen LogP contribution in [0.25, 0.3) is 12.2 Å². The first-order valence-electron chi connectivity index (χ1n) is 10.3. The highest BCUT2D eigenvalue weighted by Crippen LogP contribution is 2.14. The van der Waals surface area contributed by atoms with Crippen LogP contribution >= 0.6 is 0 Å². The minimum absolute atomic E-state index is 0.0734. The van der Waals surface area contributed by atoms with Crippen LogP contribution in [0.5, 0.6) is 0 Å². The van der Waals surface area contributed by atoms with E-state index >= 15 is 0 Å². The summed E-state index contributed by atoms with van der Waals surface area (Å²) in [7, 11) is 3.90. The van der Waals surface area contributed by atoms with Crippen LogP contribution in [0.15, 0.2) is 88.0 Å². The van der Waals surface area contributed by atoms with E-state index in [0.717, 1.165) is 17.0 Å². The maximum Gasteiger partial charge on any atom is 0.287 e. The molecule has 0 aliphatic rings. The van der Waals surface area contributed by atoms with E-state index in [1.165, 1.54) is 6.21 Å². The van der Waals surface area contributed by atoms with Gasteiger partial charge < -0.3 is 14.6 Å². The lowest BCUT2D eigenvalue weighted by Gasteiger charge is -2.12. The van der Waals surface area contributed by atoms with Gasteiger partial charge in [-0.05, 0) is 67.1 Å². The van der Waals surface area contributed by atoms with Crippen LogP contribution in [0.1, 0.15) is 27.4 Å². The first kappa shape index (κ1) is 23.3. The van der Waals surface area contributed by atoms with Gasteiger partial charge in [0.2, 0.25) is 0 Å². The summed E-state index contributed by atoms with van der Waals surface area (Å²) in [6.07, 6.45) is 6.40. The summed E-state index contributed by atoms with van der Waals surface area (Å²) in [5.74, 6) is 0.554. The number of carbonyl (C=O) groups is 2. The Balaban J connectivity index is 1.74. The van der Waals surface area contributed by atoms with Gasteiger partial charge in [-0.15, -0.1) is 0 Å². The highest BCUT2D eigenvalue weighted by molar-refractivity contribution is 6.05. The molecule has 2 amide bonds. The summed E-state index contributed by atoms with van der Waals surface area (Å²) in [4.78, 5) is 27.4. The quantitative estimate of drug-likeness (QED) is 0.310. The Morgan fingerprint density at radius 1 is 0.970 bits per heavy atom. The zero-order valence-corrected chi connectivity index (χ0v) is 18.8. The number of furan rings is 1. The second-order valence-electron chi connectivity index (χ2n) is 7.39. The van der Waals surface area contributed by atoms with E-state index in [1.54, 1.807) is 42.5 Å². The SMILES string of the molecule is Cc1ccc(C=CC=NNC(=O)C(=Cc2ccc(N(C)C)cc2)NC(=O)c2ccccc2)o1. The Hall–Kier alpha value is -4.39. The summed E-state index contributed by atoms with van der Waals surface area (Å²) < 4.78 is 5.43. The third-order valence-electron chi connectivity index (χ3n) is 4.60. The van der Waals surface area contributed by atoms with Gasteiger partial charge in [-0.1, -0.05) is 30.3 Å². The zero-order valence-electron chi connectivity index (χ0n) is 18.8. The van der Waals surface area contributed by atoms with Gasteiger partial charge in [0.1, 0.15) is 17.2 Å². The van der Waals surface area contributed by atoms with Crippen molar-refractivity contribution in [3.63, 3.8) is 0 Å². The van der Waals surface area contributed by atoms with E-state index in [4.69, 9.17) is 4.42 Å². The number of allylic oxidation sites excluding steroid dienone is 1. The molecule has 0 radical (unpaired) electrons. The predicted molar refractivity (Wildman–Crippen MR) is 132 cm³/mol.